The zero-order valence-electron chi connectivity index (χ0n) is 7.77. The molecule has 0 saturated carbocycles. The number of thiazole rings is 1. The molecule has 1 aromatic heterocycles. The van der Waals surface area contributed by atoms with Gasteiger partial charge in [-0.1, -0.05) is 11.3 Å². The monoisotopic (exact) mass is 198 g/mol. The first-order chi connectivity index (χ1) is 6.36. The van der Waals surface area contributed by atoms with Gasteiger partial charge in [-0.25, -0.2) is 4.98 Å². The highest BCUT2D eigenvalue weighted by molar-refractivity contribution is 7.11. The highest BCUT2D eigenvalue weighted by Crippen LogP contribution is 2.18. The van der Waals surface area contributed by atoms with Gasteiger partial charge in [0.1, 0.15) is 6.61 Å². The van der Waals surface area contributed by atoms with Crippen molar-refractivity contribution in [1.82, 2.24) is 9.88 Å². The summed E-state index contributed by atoms with van der Waals surface area (Å²) in [4.78, 5) is 6.43. The average molecular weight is 198 g/mol. The molecule has 0 unspecified atom stereocenters. The molecule has 0 amide bonds. The molecule has 1 aromatic rings. The minimum absolute atomic E-state index is 0.587. The predicted octanol–water partition coefficient (Wildman–Crippen LogP) is 1.62. The van der Waals surface area contributed by atoms with E-state index in [0.29, 0.717) is 6.04 Å². The van der Waals surface area contributed by atoms with Gasteiger partial charge in [-0.2, -0.15) is 0 Å². The summed E-state index contributed by atoms with van der Waals surface area (Å²) in [6, 6.07) is 0.587. The number of hydrogen-bond acceptors (Lipinski definition) is 4. The average Bonchev–Trinajstić information content (AvgIpc) is 2.72. The normalized spacial score (nSPS) is 23.6. The summed E-state index contributed by atoms with van der Waals surface area (Å²) in [5.41, 5.74) is 0. The summed E-state index contributed by atoms with van der Waals surface area (Å²) in [5, 5.41) is 2.73. The fourth-order valence-electron chi connectivity index (χ4n) is 1.64. The Kier molecular flexibility index (Phi) is 2.80. The minimum atomic E-state index is 0.587. The fourth-order valence-corrected chi connectivity index (χ4v) is 2.13. The van der Waals surface area contributed by atoms with Crippen molar-refractivity contribution in [1.29, 1.82) is 0 Å². The standard InChI is InChI=1S/C9H14N2OS/c1-11-5-2-3-8(11)7-12-9-10-4-6-13-9/h4,6,8H,2-3,5,7H2,1H3/t8-/m0/s1. The van der Waals surface area contributed by atoms with Crippen molar-refractivity contribution in [3.8, 4) is 5.19 Å². The van der Waals surface area contributed by atoms with Crippen molar-refractivity contribution in [2.24, 2.45) is 0 Å². The molecule has 1 saturated heterocycles. The van der Waals surface area contributed by atoms with E-state index >= 15 is 0 Å². The van der Waals surface area contributed by atoms with Crippen LogP contribution >= 0.6 is 11.3 Å². The number of rotatable bonds is 3. The minimum Gasteiger partial charge on any atom is -0.468 e. The number of ether oxygens (including phenoxy) is 1. The number of nitrogens with zero attached hydrogens (tertiary/aromatic N) is 2. The van der Waals surface area contributed by atoms with Gasteiger partial charge in [-0.3, -0.25) is 0 Å². The maximum Gasteiger partial charge on any atom is 0.273 e. The van der Waals surface area contributed by atoms with Gasteiger partial charge >= 0.3 is 0 Å². The molecule has 72 valence electrons. The van der Waals surface area contributed by atoms with Crippen LogP contribution < -0.4 is 4.74 Å². The lowest BCUT2D eigenvalue weighted by atomic mass is 10.2. The number of aromatic nitrogens is 1. The first kappa shape index (κ1) is 8.97. The van der Waals surface area contributed by atoms with E-state index in [1.807, 2.05) is 5.38 Å². The second kappa shape index (κ2) is 4.07. The molecule has 1 fully saturated rings. The predicted molar refractivity (Wildman–Crippen MR) is 53.3 cm³/mol. The van der Waals surface area contributed by atoms with Gasteiger partial charge in [-0.15, -0.1) is 0 Å². The molecule has 1 atom stereocenters. The topological polar surface area (TPSA) is 25.4 Å². The number of likely N-dealkylation sites (tertiary alicyclic amines) is 1. The molecule has 2 rings (SSSR count). The lowest BCUT2D eigenvalue weighted by Crippen LogP contribution is -2.30. The van der Waals surface area contributed by atoms with Crippen LogP contribution in [0.3, 0.4) is 0 Å². The smallest absolute Gasteiger partial charge is 0.273 e. The highest BCUT2D eigenvalue weighted by Gasteiger charge is 2.21. The molecule has 0 N–H and O–H groups in total. The van der Waals surface area contributed by atoms with E-state index in [9.17, 15) is 0 Å². The second-order valence-corrected chi connectivity index (χ2v) is 4.24. The van der Waals surface area contributed by atoms with Crippen LogP contribution in [-0.2, 0) is 0 Å². The fraction of sp³-hybridized carbons (Fsp3) is 0.667. The summed E-state index contributed by atoms with van der Waals surface area (Å²) in [7, 11) is 2.16. The number of likely N-dealkylation sites (N-methyl/N-ethyl adjacent to an activating group) is 1. The van der Waals surface area contributed by atoms with Crippen LogP contribution in [0.25, 0.3) is 0 Å². The molecular weight excluding hydrogens is 184 g/mol. The molecule has 0 aromatic carbocycles. The SMILES string of the molecule is CN1CCC[C@H]1COc1nccs1. The lowest BCUT2D eigenvalue weighted by molar-refractivity contribution is 0.198. The maximum atomic E-state index is 5.57. The number of hydrogen-bond donors (Lipinski definition) is 0. The van der Waals surface area contributed by atoms with Gasteiger partial charge in [0.15, 0.2) is 0 Å². The van der Waals surface area contributed by atoms with E-state index in [1.54, 1.807) is 17.5 Å². The summed E-state index contributed by atoms with van der Waals surface area (Å²) in [6.07, 6.45) is 4.32. The van der Waals surface area contributed by atoms with Gasteiger partial charge < -0.3 is 9.64 Å². The van der Waals surface area contributed by atoms with Crippen LogP contribution in [0.5, 0.6) is 5.19 Å². The van der Waals surface area contributed by atoms with Crippen LogP contribution in [-0.4, -0.2) is 36.1 Å². The second-order valence-electron chi connectivity index (χ2n) is 3.39. The van der Waals surface area contributed by atoms with E-state index < -0.39 is 0 Å². The van der Waals surface area contributed by atoms with E-state index in [0.717, 1.165) is 11.8 Å². The van der Waals surface area contributed by atoms with Crippen molar-refractivity contribution in [2.45, 2.75) is 18.9 Å². The van der Waals surface area contributed by atoms with Crippen LogP contribution in [0, 0.1) is 0 Å². The molecule has 3 nitrogen and oxygen atoms in total. The van der Waals surface area contributed by atoms with Gasteiger partial charge in [0.2, 0.25) is 0 Å². The third-order valence-electron chi connectivity index (χ3n) is 2.48. The Morgan fingerprint density at radius 1 is 1.77 bits per heavy atom. The molecule has 0 radical (unpaired) electrons. The third kappa shape index (κ3) is 2.19. The van der Waals surface area contributed by atoms with Crippen LogP contribution in [0.2, 0.25) is 0 Å². The molecule has 0 bridgehead atoms. The maximum absolute atomic E-state index is 5.57. The first-order valence-corrected chi connectivity index (χ1v) is 5.47. The molecule has 4 heteroatoms. The molecule has 1 aliphatic rings. The van der Waals surface area contributed by atoms with Crippen LogP contribution in [0.15, 0.2) is 11.6 Å². The van der Waals surface area contributed by atoms with Crippen molar-refractivity contribution >= 4 is 11.3 Å². The summed E-state index contributed by atoms with van der Waals surface area (Å²) in [6.45, 7) is 1.98. The molecule has 0 aliphatic carbocycles. The molecule has 13 heavy (non-hydrogen) atoms. The molecule has 0 spiro atoms. The van der Waals surface area contributed by atoms with Crippen LogP contribution in [0.4, 0.5) is 0 Å². The largest absolute Gasteiger partial charge is 0.468 e. The van der Waals surface area contributed by atoms with Crippen LogP contribution in [0.1, 0.15) is 12.8 Å². The van der Waals surface area contributed by atoms with E-state index in [-0.39, 0.29) is 0 Å². The Balaban J connectivity index is 1.79. The molecule has 1 aliphatic heterocycles. The van der Waals surface area contributed by atoms with Gasteiger partial charge in [0.05, 0.1) is 0 Å². The van der Waals surface area contributed by atoms with E-state index in [1.165, 1.54) is 19.4 Å². The molecule has 2 heterocycles. The first-order valence-electron chi connectivity index (χ1n) is 4.59. The van der Waals surface area contributed by atoms with E-state index in [2.05, 4.69) is 16.9 Å². The zero-order chi connectivity index (χ0) is 9.10. The van der Waals surface area contributed by atoms with Crippen molar-refractivity contribution in [3.05, 3.63) is 11.6 Å². The summed E-state index contributed by atoms with van der Waals surface area (Å²) >= 11 is 1.56. The third-order valence-corrected chi connectivity index (χ3v) is 3.16. The molecular formula is C9H14N2OS. The van der Waals surface area contributed by atoms with Crippen molar-refractivity contribution < 1.29 is 4.74 Å². The Morgan fingerprint density at radius 3 is 3.31 bits per heavy atom. The van der Waals surface area contributed by atoms with Crippen molar-refractivity contribution in [3.63, 3.8) is 0 Å². The lowest BCUT2D eigenvalue weighted by Gasteiger charge is -2.18. The van der Waals surface area contributed by atoms with Gasteiger partial charge in [0.25, 0.3) is 5.19 Å². The highest BCUT2D eigenvalue weighted by atomic mass is 32.1. The Bertz CT molecular complexity index is 250. The van der Waals surface area contributed by atoms with Crippen molar-refractivity contribution in [2.75, 3.05) is 20.2 Å². The summed E-state index contributed by atoms with van der Waals surface area (Å²) in [5.74, 6) is 0. The quantitative estimate of drug-likeness (QED) is 0.738. The Labute approximate surface area is 82.3 Å². The van der Waals surface area contributed by atoms with E-state index in [4.69, 9.17) is 4.74 Å². The Hall–Kier alpha value is -0.610. The van der Waals surface area contributed by atoms with Gasteiger partial charge in [-0.05, 0) is 26.4 Å². The Morgan fingerprint density at radius 2 is 2.69 bits per heavy atom. The van der Waals surface area contributed by atoms with Gasteiger partial charge in [0, 0.05) is 17.6 Å². The summed E-state index contributed by atoms with van der Waals surface area (Å²) < 4.78 is 5.57. The zero-order valence-corrected chi connectivity index (χ0v) is 8.59.